The largest absolute Gasteiger partial charge is 0.476 e. The van der Waals surface area contributed by atoms with Gasteiger partial charge in [-0.15, -0.1) is 0 Å². The summed E-state index contributed by atoms with van der Waals surface area (Å²) in [7, 11) is 0. The first-order valence-corrected chi connectivity index (χ1v) is 5.18. The summed E-state index contributed by atoms with van der Waals surface area (Å²) in [6.45, 7) is 7.57. The molecular weight excluding hydrogens is 216 g/mol. The lowest BCUT2D eigenvalue weighted by Gasteiger charge is -2.20. The lowest BCUT2D eigenvalue weighted by molar-refractivity contribution is 0.0675. The van der Waals surface area contributed by atoms with Crippen LogP contribution in [-0.2, 0) is 12.0 Å². The highest BCUT2D eigenvalue weighted by atomic mass is 35.5. The molecule has 1 N–H and O–H groups in total. The molecule has 0 bridgehead atoms. The van der Waals surface area contributed by atoms with Crippen molar-refractivity contribution in [1.29, 1.82) is 0 Å². The Bertz CT molecular complexity index is 391. The number of aryl methyl sites for hydroxylation is 1. The predicted molar refractivity (Wildman–Crippen MR) is 58.6 cm³/mol. The average Bonchev–Trinajstić information content (AvgIpc) is 2.41. The molecule has 0 unspecified atom stereocenters. The molecule has 0 radical (unpaired) electrons. The Balaban J connectivity index is 3.45. The first-order chi connectivity index (χ1) is 6.79. The Hall–Kier alpha value is -1.03. The second-order valence-corrected chi connectivity index (χ2v) is 4.73. The summed E-state index contributed by atoms with van der Waals surface area (Å²) in [5.74, 6) is -1.04. The number of nitrogens with zero attached hydrogens (tertiary/aromatic N) is 2. The van der Waals surface area contributed by atoms with E-state index in [2.05, 4.69) is 5.10 Å². The summed E-state index contributed by atoms with van der Waals surface area (Å²) in [5.41, 5.74) is 0.315. The fourth-order valence-electron chi connectivity index (χ4n) is 1.34. The molecule has 0 amide bonds. The smallest absolute Gasteiger partial charge is 0.355 e. The van der Waals surface area contributed by atoms with Gasteiger partial charge in [-0.3, -0.25) is 4.68 Å². The number of rotatable bonds is 2. The summed E-state index contributed by atoms with van der Waals surface area (Å²) in [5, 5.41) is 13.5. The van der Waals surface area contributed by atoms with Gasteiger partial charge in [-0.1, -0.05) is 18.5 Å². The van der Waals surface area contributed by atoms with Crippen molar-refractivity contribution in [2.75, 3.05) is 0 Å². The van der Waals surface area contributed by atoms with Gasteiger partial charge in [0.1, 0.15) is 0 Å². The van der Waals surface area contributed by atoms with Crippen molar-refractivity contribution in [2.24, 2.45) is 0 Å². The number of carbonyl (C=O) groups is 1. The number of aromatic nitrogens is 2. The molecule has 4 nitrogen and oxygen atoms in total. The second kappa shape index (κ2) is 3.85. The summed E-state index contributed by atoms with van der Waals surface area (Å²) in [6, 6.07) is 0. The number of hydrogen-bond acceptors (Lipinski definition) is 2. The van der Waals surface area contributed by atoms with E-state index in [0.29, 0.717) is 12.1 Å². The van der Waals surface area contributed by atoms with Gasteiger partial charge < -0.3 is 5.11 Å². The van der Waals surface area contributed by atoms with Crippen molar-refractivity contribution >= 4 is 17.6 Å². The fraction of sp³-hybridized carbons (Fsp3) is 0.600. The highest BCUT2D eigenvalue weighted by molar-refractivity contribution is 6.33. The molecule has 1 rings (SSSR count). The van der Waals surface area contributed by atoms with Crippen LogP contribution in [0.25, 0.3) is 0 Å². The summed E-state index contributed by atoms with van der Waals surface area (Å²) in [4.78, 5) is 11.1. The standard InChI is InChI=1S/C10H15ClN2O2/c1-5-6-7(11)8(9(14)15)13(12-6)10(2,3)4/h5H2,1-4H3,(H,14,15). The van der Waals surface area contributed by atoms with Crippen LogP contribution < -0.4 is 0 Å². The van der Waals surface area contributed by atoms with Gasteiger partial charge in [-0.05, 0) is 27.2 Å². The third-order valence-corrected chi connectivity index (χ3v) is 2.46. The van der Waals surface area contributed by atoms with Crippen LogP contribution in [0.2, 0.25) is 5.02 Å². The molecule has 0 aliphatic carbocycles. The van der Waals surface area contributed by atoms with Crippen LogP contribution in [0, 0.1) is 0 Å². The van der Waals surface area contributed by atoms with E-state index in [4.69, 9.17) is 16.7 Å². The molecular formula is C10H15ClN2O2. The van der Waals surface area contributed by atoms with Gasteiger partial charge in [-0.2, -0.15) is 5.10 Å². The van der Waals surface area contributed by atoms with Gasteiger partial charge >= 0.3 is 5.97 Å². The zero-order chi connectivity index (χ0) is 11.8. The monoisotopic (exact) mass is 230 g/mol. The van der Waals surface area contributed by atoms with Crippen LogP contribution in [-0.4, -0.2) is 20.9 Å². The minimum absolute atomic E-state index is 0.0704. The van der Waals surface area contributed by atoms with E-state index in [9.17, 15) is 4.79 Å². The lowest BCUT2D eigenvalue weighted by Crippen LogP contribution is -2.27. The number of carboxylic acids is 1. The molecule has 1 heterocycles. The lowest BCUT2D eigenvalue weighted by atomic mass is 10.1. The molecule has 5 heteroatoms. The minimum Gasteiger partial charge on any atom is -0.476 e. The Morgan fingerprint density at radius 3 is 2.33 bits per heavy atom. The summed E-state index contributed by atoms with van der Waals surface area (Å²) >= 11 is 5.97. The molecule has 0 atom stereocenters. The Kier molecular flexibility index (Phi) is 3.09. The average molecular weight is 231 g/mol. The molecule has 0 saturated carbocycles. The first kappa shape index (κ1) is 12.0. The van der Waals surface area contributed by atoms with Crippen molar-refractivity contribution in [3.8, 4) is 0 Å². The van der Waals surface area contributed by atoms with Crippen LogP contribution >= 0.6 is 11.6 Å². The van der Waals surface area contributed by atoms with Crippen LogP contribution in [0.1, 0.15) is 43.9 Å². The number of aromatic carboxylic acids is 1. The minimum atomic E-state index is -1.04. The highest BCUT2D eigenvalue weighted by Gasteiger charge is 2.27. The Labute approximate surface area is 93.9 Å². The maximum absolute atomic E-state index is 11.1. The second-order valence-electron chi connectivity index (χ2n) is 4.35. The topological polar surface area (TPSA) is 55.1 Å². The van der Waals surface area contributed by atoms with E-state index in [1.807, 2.05) is 27.7 Å². The van der Waals surface area contributed by atoms with E-state index in [-0.39, 0.29) is 16.3 Å². The van der Waals surface area contributed by atoms with E-state index < -0.39 is 5.97 Å². The van der Waals surface area contributed by atoms with E-state index >= 15 is 0 Å². The number of carboxylic acid groups (broad SMARTS) is 1. The normalized spacial score (nSPS) is 11.8. The van der Waals surface area contributed by atoms with Crippen molar-refractivity contribution < 1.29 is 9.90 Å². The predicted octanol–water partition coefficient (Wildman–Crippen LogP) is 2.55. The van der Waals surface area contributed by atoms with Gasteiger partial charge in [0.2, 0.25) is 0 Å². The van der Waals surface area contributed by atoms with E-state index in [1.54, 1.807) is 0 Å². The first-order valence-electron chi connectivity index (χ1n) is 4.80. The Morgan fingerprint density at radius 1 is 1.53 bits per heavy atom. The van der Waals surface area contributed by atoms with Gasteiger partial charge in [0, 0.05) is 0 Å². The van der Waals surface area contributed by atoms with Gasteiger partial charge in [-0.25, -0.2) is 4.79 Å². The number of hydrogen-bond donors (Lipinski definition) is 1. The highest BCUT2D eigenvalue weighted by Crippen LogP contribution is 2.26. The van der Waals surface area contributed by atoms with Crippen molar-refractivity contribution in [1.82, 2.24) is 9.78 Å². The van der Waals surface area contributed by atoms with Crippen molar-refractivity contribution in [3.05, 3.63) is 16.4 Å². The maximum atomic E-state index is 11.1. The molecule has 1 aromatic rings. The molecule has 0 aliphatic heterocycles. The van der Waals surface area contributed by atoms with Crippen molar-refractivity contribution in [2.45, 2.75) is 39.7 Å². The molecule has 15 heavy (non-hydrogen) atoms. The zero-order valence-electron chi connectivity index (χ0n) is 9.33. The van der Waals surface area contributed by atoms with Crippen LogP contribution in [0.15, 0.2) is 0 Å². The van der Waals surface area contributed by atoms with Crippen LogP contribution in [0.3, 0.4) is 0 Å². The molecule has 1 aromatic heterocycles. The van der Waals surface area contributed by atoms with Gasteiger partial charge in [0.15, 0.2) is 5.69 Å². The third-order valence-electron chi connectivity index (χ3n) is 2.07. The molecule has 0 aliphatic rings. The van der Waals surface area contributed by atoms with Crippen molar-refractivity contribution in [3.63, 3.8) is 0 Å². The summed E-state index contributed by atoms with van der Waals surface area (Å²) < 4.78 is 1.47. The molecule has 0 fully saturated rings. The molecule has 0 aromatic carbocycles. The van der Waals surface area contributed by atoms with Gasteiger partial charge in [0.25, 0.3) is 0 Å². The van der Waals surface area contributed by atoms with Crippen LogP contribution in [0.5, 0.6) is 0 Å². The Morgan fingerprint density at radius 2 is 2.07 bits per heavy atom. The molecule has 0 spiro atoms. The third kappa shape index (κ3) is 2.15. The quantitative estimate of drug-likeness (QED) is 0.850. The fourth-order valence-corrected chi connectivity index (χ4v) is 1.67. The molecule has 0 saturated heterocycles. The SMILES string of the molecule is CCc1nn(C(C)(C)C)c(C(=O)O)c1Cl. The zero-order valence-corrected chi connectivity index (χ0v) is 10.1. The maximum Gasteiger partial charge on any atom is 0.355 e. The van der Waals surface area contributed by atoms with E-state index in [1.165, 1.54) is 4.68 Å². The molecule has 84 valence electrons. The van der Waals surface area contributed by atoms with Gasteiger partial charge in [0.05, 0.1) is 16.3 Å². The summed E-state index contributed by atoms with van der Waals surface area (Å²) in [6.07, 6.45) is 0.627. The van der Waals surface area contributed by atoms with Crippen LogP contribution in [0.4, 0.5) is 0 Å². The number of halogens is 1. The van der Waals surface area contributed by atoms with E-state index in [0.717, 1.165) is 0 Å².